The largest absolute Gasteiger partial charge is 0.471 e. The second-order valence-electron chi connectivity index (χ2n) is 5.92. The Hall–Kier alpha value is -3.68. The molecule has 148 valence electrons. The van der Waals surface area contributed by atoms with Gasteiger partial charge >= 0.3 is 12.1 Å². The summed E-state index contributed by atoms with van der Waals surface area (Å²) in [7, 11) is 0. The minimum atomic E-state index is -5.09. The molecule has 0 aliphatic heterocycles. The van der Waals surface area contributed by atoms with E-state index in [0.29, 0.717) is 11.3 Å². The van der Waals surface area contributed by atoms with Gasteiger partial charge < -0.3 is 4.74 Å². The van der Waals surface area contributed by atoms with Crippen LogP contribution >= 0.6 is 0 Å². The Bertz CT molecular complexity index is 1060. The Balaban J connectivity index is 1.98. The molecule has 0 saturated carbocycles. The highest BCUT2D eigenvalue weighted by Gasteiger charge is 2.39. The standard InChI is InChI=1S/C21H16F3N3O2/c1-25-18(15-8-3-2-4-9-15)19(27-20(28)21(22,23)24)29-13-17-16-10-6-5-7-14(16)11-12-26-17/h2-12H,1,13H2,(H,27,28)/b19-18-. The topological polar surface area (TPSA) is 63.6 Å². The van der Waals surface area contributed by atoms with Crippen molar-refractivity contribution in [1.29, 1.82) is 0 Å². The lowest BCUT2D eigenvalue weighted by Gasteiger charge is -2.16. The van der Waals surface area contributed by atoms with E-state index in [0.717, 1.165) is 10.8 Å². The van der Waals surface area contributed by atoms with Crippen LogP contribution in [0.15, 0.2) is 77.7 Å². The fourth-order valence-corrected chi connectivity index (χ4v) is 2.67. The Morgan fingerprint density at radius 1 is 1.07 bits per heavy atom. The molecule has 8 heteroatoms. The van der Waals surface area contributed by atoms with Crippen LogP contribution in [0.4, 0.5) is 13.2 Å². The lowest BCUT2D eigenvalue weighted by atomic mass is 10.1. The van der Waals surface area contributed by atoms with E-state index in [1.807, 2.05) is 30.3 Å². The monoisotopic (exact) mass is 399 g/mol. The molecule has 0 spiro atoms. The van der Waals surface area contributed by atoms with Gasteiger partial charge in [-0.3, -0.25) is 20.1 Å². The molecule has 0 atom stereocenters. The number of alkyl halides is 3. The van der Waals surface area contributed by atoms with Crippen molar-refractivity contribution in [1.82, 2.24) is 10.3 Å². The van der Waals surface area contributed by atoms with Crippen LogP contribution < -0.4 is 5.32 Å². The molecule has 1 amide bonds. The average molecular weight is 399 g/mol. The minimum Gasteiger partial charge on any atom is -0.471 e. The quantitative estimate of drug-likeness (QED) is 0.492. The molecule has 1 aromatic heterocycles. The number of pyridine rings is 1. The summed E-state index contributed by atoms with van der Waals surface area (Å²) in [5.74, 6) is -2.63. The summed E-state index contributed by atoms with van der Waals surface area (Å²) in [4.78, 5) is 19.5. The number of amides is 1. The SMILES string of the molecule is C=N/C(=C(/NC(=O)C(F)(F)F)OCc1nccc2ccccc12)c1ccccc1. The number of ether oxygens (including phenoxy) is 1. The number of halogens is 3. The Labute approximate surface area is 164 Å². The number of aromatic nitrogens is 1. The number of carbonyl (C=O) groups is 1. The molecular weight excluding hydrogens is 383 g/mol. The van der Waals surface area contributed by atoms with Crippen LogP contribution in [0.5, 0.6) is 0 Å². The number of hydrogen-bond acceptors (Lipinski definition) is 4. The van der Waals surface area contributed by atoms with Crippen molar-refractivity contribution in [2.75, 3.05) is 0 Å². The van der Waals surface area contributed by atoms with Crippen molar-refractivity contribution < 1.29 is 22.7 Å². The van der Waals surface area contributed by atoms with Gasteiger partial charge in [0.05, 0.1) is 5.69 Å². The molecule has 2 aromatic carbocycles. The highest BCUT2D eigenvalue weighted by molar-refractivity contribution is 5.86. The van der Waals surface area contributed by atoms with Crippen LogP contribution in [0.2, 0.25) is 0 Å². The van der Waals surface area contributed by atoms with Gasteiger partial charge in [0.15, 0.2) is 0 Å². The average Bonchev–Trinajstić information content (AvgIpc) is 2.72. The lowest BCUT2D eigenvalue weighted by molar-refractivity contribution is -0.173. The lowest BCUT2D eigenvalue weighted by Crippen LogP contribution is -2.37. The zero-order valence-corrected chi connectivity index (χ0v) is 15.1. The van der Waals surface area contributed by atoms with Gasteiger partial charge in [-0.05, 0) is 18.2 Å². The van der Waals surface area contributed by atoms with Gasteiger partial charge in [0.25, 0.3) is 0 Å². The molecule has 5 nitrogen and oxygen atoms in total. The van der Waals surface area contributed by atoms with Crippen LogP contribution in [-0.4, -0.2) is 23.8 Å². The predicted molar refractivity (Wildman–Crippen MR) is 104 cm³/mol. The second-order valence-corrected chi connectivity index (χ2v) is 5.92. The maximum Gasteiger partial charge on any atom is 0.471 e. The van der Waals surface area contributed by atoms with Crippen LogP contribution in [0, 0.1) is 0 Å². The van der Waals surface area contributed by atoms with Gasteiger partial charge in [-0.25, -0.2) is 0 Å². The number of benzene rings is 2. The number of aliphatic imine (C=N–C) groups is 1. The van der Waals surface area contributed by atoms with Crippen LogP contribution in [0.3, 0.4) is 0 Å². The maximum absolute atomic E-state index is 12.8. The van der Waals surface area contributed by atoms with E-state index >= 15 is 0 Å². The Kier molecular flexibility index (Phi) is 5.92. The van der Waals surface area contributed by atoms with Crippen molar-refractivity contribution in [2.45, 2.75) is 12.8 Å². The summed E-state index contributed by atoms with van der Waals surface area (Å²) in [6.07, 6.45) is -3.52. The molecule has 1 N–H and O–H groups in total. The summed E-state index contributed by atoms with van der Waals surface area (Å²) >= 11 is 0. The van der Waals surface area contributed by atoms with E-state index in [-0.39, 0.29) is 12.3 Å². The van der Waals surface area contributed by atoms with Crippen molar-refractivity contribution in [3.05, 3.63) is 84.0 Å². The van der Waals surface area contributed by atoms with Gasteiger partial charge in [-0.15, -0.1) is 0 Å². The first-order valence-electron chi connectivity index (χ1n) is 8.50. The molecule has 29 heavy (non-hydrogen) atoms. The third-order valence-electron chi connectivity index (χ3n) is 4.01. The first-order chi connectivity index (χ1) is 13.9. The molecule has 0 aliphatic rings. The smallest absolute Gasteiger partial charge is 0.471 e. The first-order valence-corrected chi connectivity index (χ1v) is 8.50. The third-order valence-corrected chi connectivity index (χ3v) is 4.01. The summed E-state index contributed by atoms with van der Waals surface area (Å²) in [6, 6.07) is 17.5. The van der Waals surface area contributed by atoms with Crippen molar-refractivity contribution in [3.8, 4) is 0 Å². The molecular formula is C21H16F3N3O2. The van der Waals surface area contributed by atoms with E-state index in [1.54, 1.807) is 41.8 Å². The van der Waals surface area contributed by atoms with Crippen LogP contribution in [0.1, 0.15) is 11.3 Å². The van der Waals surface area contributed by atoms with E-state index < -0.39 is 18.0 Å². The summed E-state index contributed by atoms with van der Waals surface area (Å²) in [5.41, 5.74) is 0.910. The van der Waals surface area contributed by atoms with Gasteiger partial charge in [0.1, 0.15) is 12.3 Å². The fraction of sp³-hybridized carbons (Fsp3) is 0.0952. The van der Waals surface area contributed by atoms with Gasteiger partial charge in [0, 0.05) is 17.1 Å². The number of rotatable bonds is 6. The fourth-order valence-electron chi connectivity index (χ4n) is 2.67. The Morgan fingerprint density at radius 2 is 1.76 bits per heavy atom. The normalized spacial score (nSPS) is 12.2. The third kappa shape index (κ3) is 4.78. The number of carbonyl (C=O) groups excluding carboxylic acids is 1. The second kappa shape index (κ2) is 8.55. The summed E-state index contributed by atoms with van der Waals surface area (Å²) in [6.45, 7) is 3.22. The molecule has 0 unspecified atom stereocenters. The van der Waals surface area contributed by atoms with Gasteiger partial charge in [-0.2, -0.15) is 13.2 Å². The molecule has 0 aliphatic carbocycles. The highest BCUT2D eigenvalue weighted by Crippen LogP contribution is 2.24. The van der Waals surface area contributed by atoms with Crippen LogP contribution in [-0.2, 0) is 16.1 Å². The van der Waals surface area contributed by atoms with Gasteiger partial charge in [-0.1, -0.05) is 54.6 Å². The van der Waals surface area contributed by atoms with Crippen molar-refractivity contribution in [2.24, 2.45) is 4.99 Å². The number of nitrogens with zero attached hydrogens (tertiary/aromatic N) is 2. The molecule has 0 saturated heterocycles. The number of fused-ring (bicyclic) bond motifs is 1. The highest BCUT2D eigenvalue weighted by atomic mass is 19.4. The Morgan fingerprint density at radius 3 is 2.45 bits per heavy atom. The van der Waals surface area contributed by atoms with Crippen LogP contribution in [0.25, 0.3) is 16.5 Å². The van der Waals surface area contributed by atoms with Gasteiger partial charge in [0.2, 0.25) is 5.88 Å². The number of hydrogen-bond donors (Lipinski definition) is 1. The van der Waals surface area contributed by atoms with E-state index in [1.165, 1.54) is 0 Å². The maximum atomic E-state index is 12.8. The van der Waals surface area contributed by atoms with Crippen molar-refractivity contribution in [3.63, 3.8) is 0 Å². The minimum absolute atomic E-state index is 0.0246. The first kappa shape index (κ1) is 20.1. The molecule has 3 aromatic rings. The number of nitrogens with one attached hydrogen (secondary N) is 1. The van der Waals surface area contributed by atoms with E-state index in [9.17, 15) is 18.0 Å². The van der Waals surface area contributed by atoms with E-state index in [2.05, 4.69) is 16.7 Å². The molecule has 1 heterocycles. The zero-order valence-electron chi connectivity index (χ0n) is 15.1. The van der Waals surface area contributed by atoms with E-state index in [4.69, 9.17) is 4.74 Å². The van der Waals surface area contributed by atoms with Crippen molar-refractivity contribution >= 4 is 29.1 Å². The summed E-state index contributed by atoms with van der Waals surface area (Å²) in [5, 5.41) is 3.44. The zero-order chi connectivity index (χ0) is 20.9. The molecule has 3 rings (SSSR count). The molecule has 0 bridgehead atoms. The predicted octanol–water partition coefficient (Wildman–Crippen LogP) is 4.46. The molecule has 0 radical (unpaired) electrons. The summed E-state index contributed by atoms with van der Waals surface area (Å²) < 4.78 is 44.0. The molecule has 0 fully saturated rings.